The second-order valence-electron chi connectivity index (χ2n) is 6.23. The average molecular weight is 383 g/mol. The highest BCUT2D eigenvalue weighted by Gasteiger charge is 2.45. The Balaban J connectivity index is 1.99. The summed E-state index contributed by atoms with van der Waals surface area (Å²) < 4.78 is 21.4. The van der Waals surface area contributed by atoms with E-state index in [1.165, 1.54) is 28.2 Å². The van der Waals surface area contributed by atoms with E-state index in [0.717, 1.165) is 0 Å². The molecule has 26 heavy (non-hydrogen) atoms. The molecule has 4 atom stereocenters. The molecule has 8 nitrogen and oxygen atoms in total. The number of allylic oxidation sites excluding steroid dienone is 1. The normalized spacial score (nSPS) is 25.6. The van der Waals surface area contributed by atoms with Gasteiger partial charge in [-0.05, 0) is 20.1 Å². The van der Waals surface area contributed by atoms with Crippen LogP contribution in [-0.4, -0.2) is 67.5 Å². The lowest BCUT2D eigenvalue weighted by molar-refractivity contribution is -0.0459. The molecule has 0 radical (unpaired) electrons. The predicted molar refractivity (Wildman–Crippen MR) is 96.9 cm³/mol. The first kappa shape index (κ1) is 19.0. The van der Waals surface area contributed by atoms with Crippen molar-refractivity contribution in [3.05, 3.63) is 18.0 Å². The summed E-state index contributed by atoms with van der Waals surface area (Å²) in [6.07, 6.45) is 0.0889. The number of hydrogen-bond acceptors (Lipinski definition) is 8. The van der Waals surface area contributed by atoms with Crippen LogP contribution in [0.15, 0.2) is 23.1 Å². The number of thioether (sulfide) groups is 1. The molecule has 3 N–H and O–H groups in total. The third kappa shape index (κ3) is 3.54. The number of ether oxygens (including phenoxy) is 1. The van der Waals surface area contributed by atoms with E-state index in [2.05, 4.69) is 20.3 Å². The van der Waals surface area contributed by atoms with Crippen LogP contribution in [0.2, 0.25) is 0 Å². The molecule has 1 aliphatic rings. The zero-order valence-electron chi connectivity index (χ0n) is 14.8. The Bertz CT molecular complexity index is 811. The van der Waals surface area contributed by atoms with Gasteiger partial charge in [-0.2, -0.15) is 0 Å². The lowest BCUT2D eigenvalue weighted by Gasteiger charge is -2.15. The van der Waals surface area contributed by atoms with Crippen molar-refractivity contribution < 1.29 is 19.3 Å². The number of aliphatic hydroxyl groups excluding tert-OH is 2. The number of halogens is 1. The number of rotatable bonds is 6. The second-order valence-corrected chi connectivity index (χ2v) is 7.00. The number of alkyl halides is 1. The first-order valence-corrected chi connectivity index (χ1v) is 9.43. The molecular formula is C16H22FN5O3S. The number of fused-ring (bicyclic) bond motifs is 1. The number of nitrogens with zero attached hydrogens (tertiary/aromatic N) is 4. The molecule has 0 bridgehead atoms. The van der Waals surface area contributed by atoms with Crippen LogP contribution in [0.4, 0.5) is 10.2 Å². The van der Waals surface area contributed by atoms with Crippen LogP contribution in [-0.2, 0) is 4.74 Å². The van der Waals surface area contributed by atoms with Crippen molar-refractivity contribution in [2.24, 2.45) is 0 Å². The molecule has 0 aromatic carbocycles. The summed E-state index contributed by atoms with van der Waals surface area (Å²) >= 11 is 1.36. The smallest absolute Gasteiger partial charge is 0.191 e. The molecule has 142 valence electrons. The fraction of sp³-hybridized carbons (Fsp3) is 0.562. The Labute approximate surface area is 154 Å². The van der Waals surface area contributed by atoms with Crippen molar-refractivity contribution >= 4 is 28.7 Å². The van der Waals surface area contributed by atoms with Gasteiger partial charge in [0.2, 0.25) is 0 Å². The number of aliphatic hydroxyl groups is 2. The number of aromatic nitrogens is 4. The Morgan fingerprint density at radius 1 is 1.46 bits per heavy atom. The van der Waals surface area contributed by atoms with Gasteiger partial charge in [-0.25, -0.2) is 19.3 Å². The Hall–Kier alpha value is -1.75. The maximum absolute atomic E-state index is 14.5. The molecule has 0 aliphatic carbocycles. The van der Waals surface area contributed by atoms with E-state index in [1.807, 2.05) is 26.2 Å². The summed E-state index contributed by atoms with van der Waals surface area (Å²) in [5.74, 6) is 0.545. The maximum atomic E-state index is 14.5. The van der Waals surface area contributed by atoms with E-state index in [-0.39, 0.29) is 0 Å². The first-order valence-electron chi connectivity index (χ1n) is 8.20. The molecule has 1 saturated heterocycles. The number of imidazole rings is 1. The lowest BCUT2D eigenvalue weighted by atomic mass is 10.1. The second kappa shape index (κ2) is 7.87. The minimum atomic E-state index is -1.70. The highest BCUT2D eigenvalue weighted by molar-refractivity contribution is 7.98. The monoisotopic (exact) mass is 383 g/mol. The number of nitrogens with one attached hydrogen (secondary N) is 1. The van der Waals surface area contributed by atoms with Gasteiger partial charge in [0.25, 0.3) is 0 Å². The molecule has 10 heteroatoms. The topological polar surface area (TPSA) is 105 Å². The average Bonchev–Trinajstić information content (AvgIpc) is 3.16. The Morgan fingerprint density at radius 2 is 2.23 bits per heavy atom. The van der Waals surface area contributed by atoms with Gasteiger partial charge in [-0.3, -0.25) is 4.57 Å². The van der Waals surface area contributed by atoms with Crippen LogP contribution in [0.5, 0.6) is 0 Å². The van der Waals surface area contributed by atoms with Gasteiger partial charge in [-0.15, -0.1) is 0 Å². The van der Waals surface area contributed by atoms with Gasteiger partial charge < -0.3 is 20.3 Å². The van der Waals surface area contributed by atoms with Crippen LogP contribution < -0.4 is 5.32 Å². The fourth-order valence-corrected chi connectivity index (χ4v) is 3.09. The van der Waals surface area contributed by atoms with Crippen molar-refractivity contribution in [1.82, 2.24) is 19.5 Å². The zero-order valence-corrected chi connectivity index (χ0v) is 15.6. The fourth-order valence-electron chi connectivity index (χ4n) is 2.73. The molecular weight excluding hydrogens is 361 g/mol. The van der Waals surface area contributed by atoms with Crippen molar-refractivity contribution in [3.8, 4) is 0 Å². The quantitative estimate of drug-likeness (QED) is 0.392. The molecule has 1 unspecified atom stereocenters. The summed E-state index contributed by atoms with van der Waals surface area (Å²) in [5.41, 5.74) is 2.06. The van der Waals surface area contributed by atoms with Gasteiger partial charge in [0.05, 0.1) is 12.9 Å². The maximum Gasteiger partial charge on any atom is 0.191 e. The van der Waals surface area contributed by atoms with Gasteiger partial charge in [0, 0.05) is 6.54 Å². The predicted octanol–water partition coefficient (Wildman–Crippen LogP) is 1.51. The van der Waals surface area contributed by atoms with Crippen LogP contribution in [0.1, 0.15) is 20.1 Å². The van der Waals surface area contributed by atoms with Crippen LogP contribution in [0.3, 0.4) is 0 Å². The van der Waals surface area contributed by atoms with Crippen LogP contribution in [0.25, 0.3) is 11.2 Å². The molecule has 3 rings (SSSR count). The standard InChI is InChI=1S/C16H22FN5O3S/c1-8(2)4-5-18-13-11-14(21-16(20-13)26-3)22(7-19-11)15-10(17)12(24)9(6-23)25-15/h4,7,9-10,12,15,23-24H,5-6H2,1-3H3,(H,18,20,21)/t9-,10+,12?,15-/m1/s1. The summed E-state index contributed by atoms with van der Waals surface area (Å²) in [5, 5.41) is 22.8. The number of hydrogen-bond donors (Lipinski definition) is 3. The molecule has 2 aromatic heterocycles. The van der Waals surface area contributed by atoms with E-state index >= 15 is 0 Å². The van der Waals surface area contributed by atoms with Gasteiger partial charge >= 0.3 is 0 Å². The highest BCUT2D eigenvalue weighted by Crippen LogP contribution is 2.34. The van der Waals surface area contributed by atoms with E-state index in [0.29, 0.717) is 28.7 Å². The molecule has 1 fully saturated rings. The minimum Gasteiger partial charge on any atom is -0.394 e. The summed E-state index contributed by atoms with van der Waals surface area (Å²) in [7, 11) is 0. The molecule has 0 amide bonds. The lowest BCUT2D eigenvalue weighted by Crippen LogP contribution is -2.30. The van der Waals surface area contributed by atoms with Crippen LogP contribution >= 0.6 is 11.8 Å². The molecule has 0 saturated carbocycles. The van der Waals surface area contributed by atoms with Crippen molar-refractivity contribution in [2.75, 3.05) is 24.7 Å². The molecule has 2 aromatic rings. The zero-order chi connectivity index (χ0) is 18.8. The van der Waals surface area contributed by atoms with E-state index in [9.17, 15) is 14.6 Å². The minimum absolute atomic E-state index is 0.405. The molecule has 1 aliphatic heterocycles. The Kier molecular flexibility index (Phi) is 5.76. The molecule has 3 heterocycles. The van der Waals surface area contributed by atoms with Gasteiger partial charge in [0.1, 0.15) is 12.2 Å². The van der Waals surface area contributed by atoms with Crippen molar-refractivity contribution in [1.29, 1.82) is 0 Å². The SMILES string of the molecule is CSc1nc(NCC=C(C)C)c2ncn([C@@H]3O[C@H](CO)C(O)[C@@H]3F)c2n1. The third-order valence-electron chi connectivity index (χ3n) is 4.11. The van der Waals surface area contributed by atoms with E-state index in [1.54, 1.807) is 0 Å². The molecule has 0 spiro atoms. The summed E-state index contributed by atoms with van der Waals surface area (Å²) in [6, 6.07) is 0. The van der Waals surface area contributed by atoms with Crippen molar-refractivity contribution in [3.63, 3.8) is 0 Å². The number of anilines is 1. The first-order chi connectivity index (χ1) is 12.5. The van der Waals surface area contributed by atoms with Gasteiger partial charge in [-0.1, -0.05) is 23.4 Å². The third-order valence-corrected chi connectivity index (χ3v) is 4.66. The van der Waals surface area contributed by atoms with Gasteiger partial charge in [0.15, 0.2) is 34.5 Å². The van der Waals surface area contributed by atoms with Crippen LogP contribution in [0, 0.1) is 0 Å². The Morgan fingerprint density at radius 3 is 2.85 bits per heavy atom. The largest absolute Gasteiger partial charge is 0.394 e. The van der Waals surface area contributed by atoms with Crippen molar-refractivity contribution in [2.45, 2.75) is 43.6 Å². The van der Waals surface area contributed by atoms with E-state index in [4.69, 9.17) is 4.74 Å². The highest BCUT2D eigenvalue weighted by atomic mass is 32.2. The summed E-state index contributed by atoms with van der Waals surface area (Å²) in [6.45, 7) is 4.11. The summed E-state index contributed by atoms with van der Waals surface area (Å²) in [4.78, 5) is 13.2. The van der Waals surface area contributed by atoms with E-state index < -0.39 is 31.2 Å².